The first kappa shape index (κ1) is 23.3. The molecule has 11 heteroatoms. The van der Waals surface area contributed by atoms with E-state index in [2.05, 4.69) is 10.3 Å². The van der Waals surface area contributed by atoms with Crippen molar-refractivity contribution in [2.45, 2.75) is 6.42 Å². The fourth-order valence-corrected chi connectivity index (χ4v) is 3.89. The number of benzene rings is 2. The second-order valence-corrected chi connectivity index (χ2v) is 8.20. The molecule has 0 saturated heterocycles. The second-order valence-electron chi connectivity index (χ2n) is 7.82. The number of fused-ring (bicyclic) bond motifs is 1. The molecule has 8 nitrogen and oxygen atoms in total. The fourth-order valence-electron chi connectivity index (χ4n) is 3.74. The summed E-state index contributed by atoms with van der Waals surface area (Å²) in [4.78, 5) is 30.2. The minimum absolute atomic E-state index is 0.0300. The minimum atomic E-state index is -0.794. The Bertz CT molecular complexity index is 1560. The SMILES string of the molecule is Nc1nccc(Oc2ccc(NC(=O)c3c4c(cn(-c5ccc(F)cc5)c3=O)CCO4)cc2F)c1Cl. The van der Waals surface area contributed by atoms with Crippen LogP contribution in [-0.4, -0.2) is 22.1 Å². The Hall–Kier alpha value is -4.44. The Morgan fingerprint density at radius 1 is 1.14 bits per heavy atom. The lowest BCUT2D eigenvalue weighted by Gasteiger charge is -2.14. The van der Waals surface area contributed by atoms with E-state index >= 15 is 0 Å². The molecule has 5 rings (SSSR count). The lowest BCUT2D eigenvalue weighted by Crippen LogP contribution is -2.29. The normalized spacial score (nSPS) is 12.1. The number of nitrogen functional groups attached to an aromatic ring is 1. The molecule has 2 aromatic carbocycles. The number of nitrogens with one attached hydrogen (secondary N) is 1. The Morgan fingerprint density at radius 3 is 2.67 bits per heavy atom. The number of hydrogen-bond donors (Lipinski definition) is 2. The highest BCUT2D eigenvalue weighted by molar-refractivity contribution is 6.34. The molecule has 36 heavy (non-hydrogen) atoms. The molecule has 3 heterocycles. The Labute approximate surface area is 207 Å². The summed E-state index contributed by atoms with van der Waals surface area (Å²) < 4.78 is 40.4. The van der Waals surface area contributed by atoms with Gasteiger partial charge in [-0.3, -0.25) is 14.2 Å². The highest BCUT2D eigenvalue weighted by atomic mass is 35.5. The van der Waals surface area contributed by atoms with Crippen molar-refractivity contribution >= 4 is 29.0 Å². The molecule has 1 amide bonds. The van der Waals surface area contributed by atoms with Gasteiger partial charge in [-0.15, -0.1) is 0 Å². The summed E-state index contributed by atoms with van der Waals surface area (Å²) in [7, 11) is 0. The number of ether oxygens (including phenoxy) is 2. The van der Waals surface area contributed by atoms with E-state index in [4.69, 9.17) is 26.8 Å². The standard InChI is InChI=1S/C25H17ClF2N4O4/c26-21-19(7-9-30-23(21)29)36-18-6-3-15(11-17(18)28)31-24(33)20-22-13(8-10-35-22)12-32(25(20)34)16-4-1-14(27)2-5-16/h1-7,9,11-12H,8,10H2,(H2,29,30)(H,31,33). The van der Waals surface area contributed by atoms with Crippen LogP contribution in [0.4, 0.5) is 20.3 Å². The van der Waals surface area contributed by atoms with E-state index < -0.39 is 23.1 Å². The molecular weight excluding hydrogens is 494 g/mol. The molecule has 1 aliphatic rings. The van der Waals surface area contributed by atoms with Crippen molar-refractivity contribution in [3.05, 3.63) is 99.1 Å². The first-order valence-corrected chi connectivity index (χ1v) is 11.1. The summed E-state index contributed by atoms with van der Waals surface area (Å²) in [6.07, 6.45) is 3.42. The Kier molecular flexibility index (Phi) is 6.03. The van der Waals surface area contributed by atoms with E-state index in [0.29, 0.717) is 24.3 Å². The molecule has 1 aliphatic heterocycles. The Balaban J connectivity index is 1.44. The van der Waals surface area contributed by atoms with E-state index in [1.165, 1.54) is 53.2 Å². The maximum Gasteiger partial charge on any atom is 0.271 e. The van der Waals surface area contributed by atoms with E-state index in [0.717, 1.165) is 6.07 Å². The van der Waals surface area contributed by atoms with Gasteiger partial charge >= 0.3 is 0 Å². The van der Waals surface area contributed by atoms with Gasteiger partial charge in [0.1, 0.15) is 28.0 Å². The summed E-state index contributed by atoms with van der Waals surface area (Å²) in [5.41, 5.74) is 5.84. The lowest BCUT2D eigenvalue weighted by molar-refractivity contribution is 0.102. The highest BCUT2D eigenvalue weighted by Crippen LogP contribution is 2.34. The Morgan fingerprint density at radius 2 is 1.92 bits per heavy atom. The zero-order chi connectivity index (χ0) is 25.4. The van der Waals surface area contributed by atoms with Crippen molar-refractivity contribution in [1.29, 1.82) is 0 Å². The number of hydrogen-bond acceptors (Lipinski definition) is 6. The first-order valence-electron chi connectivity index (χ1n) is 10.7. The predicted octanol–water partition coefficient (Wildman–Crippen LogP) is 4.73. The van der Waals surface area contributed by atoms with Gasteiger partial charge in [0.05, 0.1) is 6.61 Å². The second kappa shape index (κ2) is 9.31. The average Bonchev–Trinajstić information content (AvgIpc) is 3.31. The molecule has 182 valence electrons. The van der Waals surface area contributed by atoms with Crippen LogP contribution in [0.5, 0.6) is 17.2 Å². The smallest absolute Gasteiger partial charge is 0.271 e. The molecule has 0 fully saturated rings. The fraction of sp³-hybridized carbons (Fsp3) is 0.0800. The van der Waals surface area contributed by atoms with Gasteiger partial charge in [-0.05, 0) is 36.4 Å². The minimum Gasteiger partial charge on any atom is -0.492 e. The zero-order valence-corrected chi connectivity index (χ0v) is 19.2. The van der Waals surface area contributed by atoms with Gasteiger partial charge in [-0.25, -0.2) is 13.8 Å². The quantitative estimate of drug-likeness (QED) is 0.402. The van der Waals surface area contributed by atoms with Gasteiger partial charge in [0.25, 0.3) is 11.5 Å². The van der Waals surface area contributed by atoms with E-state index in [9.17, 15) is 18.4 Å². The van der Waals surface area contributed by atoms with E-state index in [1.807, 2.05) is 0 Å². The van der Waals surface area contributed by atoms with Crippen LogP contribution < -0.4 is 26.1 Å². The number of anilines is 2. The van der Waals surface area contributed by atoms with Gasteiger partial charge in [0.15, 0.2) is 17.3 Å². The molecule has 0 bridgehead atoms. The van der Waals surface area contributed by atoms with Crippen LogP contribution in [0.1, 0.15) is 15.9 Å². The van der Waals surface area contributed by atoms with Crippen LogP contribution in [0.25, 0.3) is 5.69 Å². The largest absolute Gasteiger partial charge is 0.492 e. The summed E-state index contributed by atoms with van der Waals surface area (Å²) in [6.45, 7) is 0.297. The van der Waals surface area contributed by atoms with Crippen molar-refractivity contribution in [3.63, 3.8) is 0 Å². The number of amides is 1. The summed E-state index contributed by atoms with van der Waals surface area (Å²) in [6, 6.07) is 10.4. The monoisotopic (exact) mass is 510 g/mol. The van der Waals surface area contributed by atoms with Crippen molar-refractivity contribution in [1.82, 2.24) is 9.55 Å². The molecule has 0 unspecified atom stereocenters. The molecule has 2 aromatic heterocycles. The van der Waals surface area contributed by atoms with Crippen LogP contribution in [0.2, 0.25) is 5.02 Å². The van der Waals surface area contributed by atoms with Gasteiger partial charge < -0.3 is 20.5 Å². The molecule has 0 saturated carbocycles. The maximum atomic E-state index is 14.8. The van der Waals surface area contributed by atoms with Gasteiger partial charge in [0, 0.05) is 47.9 Å². The predicted molar refractivity (Wildman–Crippen MR) is 129 cm³/mol. The lowest BCUT2D eigenvalue weighted by atomic mass is 10.1. The van der Waals surface area contributed by atoms with Crippen LogP contribution >= 0.6 is 11.6 Å². The number of aromatic nitrogens is 2. The summed E-state index contributed by atoms with van der Waals surface area (Å²) in [5, 5.41) is 2.56. The number of carbonyl (C=O) groups is 1. The number of rotatable bonds is 5. The van der Waals surface area contributed by atoms with E-state index in [-0.39, 0.29) is 39.3 Å². The van der Waals surface area contributed by atoms with Gasteiger partial charge in [-0.2, -0.15) is 0 Å². The zero-order valence-electron chi connectivity index (χ0n) is 18.4. The topological polar surface area (TPSA) is 108 Å². The third-order valence-electron chi connectivity index (χ3n) is 5.48. The first-order chi connectivity index (χ1) is 17.3. The van der Waals surface area contributed by atoms with Crippen LogP contribution in [0.3, 0.4) is 0 Å². The third kappa shape index (κ3) is 4.34. The number of carbonyl (C=O) groups excluding carboxylic acids is 1. The van der Waals surface area contributed by atoms with Crippen LogP contribution in [0.15, 0.2) is 65.7 Å². The number of pyridine rings is 2. The number of nitrogens with two attached hydrogens (primary N) is 1. The third-order valence-corrected chi connectivity index (χ3v) is 5.86. The number of nitrogens with zero attached hydrogens (tertiary/aromatic N) is 2. The highest BCUT2D eigenvalue weighted by Gasteiger charge is 2.27. The molecular formula is C25H17ClF2N4O4. The molecule has 4 aromatic rings. The van der Waals surface area contributed by atoms with Gasteiger partial charge in [0.2, 0.25) is 0 Å². The van der Waals surface area contributed by atoms with Crippen molar-refractivity contribution in [2.24, 2.45) is 0 Å². The molecule has 3 N–H and O–H groups in total. The van der Waals surface area contributed by atoms with Crippen molar-refractivity contribution in [2.75, 3.05) is 17.7 Å². The number of halogens is 3. The van der Waals surface area contributed by atoms with Crippen LogP contribution in [0, 0.1) is 11.6 Å². The van der Waals surface area contributed by atoms with Crippen molar-refractivity contribution < 1.29 is 23.0 Å². The van der Waals surface area contributed by atoms with Crippen molar-refractivity contribution in [3.8, 4) is 22.9 Å². The maximum absolute atomic E-state index is 14.8. The van der Waals surface area contributed by atoms with E-state index in [1.54, 1.807) is 6.20 Å². The average molecular weight is 511 g/mol. The molecule has 0 radical (unpaired) electrons. The summed E-state index contributed by atoms with van der Waals surface area (Å²) in [5.74, 6) is -1.90. The van der Waals surface area contributed by atoms with Gasteiger partial charge in [-0.1, -0.05) is 11.6 Å². The molecule has 0 aliphatic carbocycles. The molecule has 0 spiro atoms. The van der Waals surface area contributed by atoms with Crippen LogP contribution in [-0.2, 0) is 6.42 Å². The summed E-state index contributed by atoms with van der Waals surface area (Å²) >= 11 is 6.04. The molecule has 0 atom stereocenters.